The van der Waals surface area contributed by atoms with Crippen molar-refractivity contribution < 1.29 is 17.5 Å². The molecule has 0 aliphatic heterocycles. The Balaban J connectivity index is 0.000000437. The zero-order valence-electron chi connectivity index (χ0n) is 9.84. The fourth-order valence-corrected chi connectivity index (χ4v) is 1.30. The predicted molar refractivity (Wildman–Crippen MR) is 67.2 cm³/mol. The molecule has 0 amide bonds. The lowest BCUT2D eigenvalue weighted by Gasteiger charge is -2.08. The van der Waals surface area contributed by atoms with E-state index in [0.717, 1.165) is 18.5 Å². The van der Waals surface area contributed by atoms with Crippen LogP contribution in [0.4, 0.5) is 5.69 Å². The Kier molecular flexibility index (Phi) is 6.74. The number of benzene rings is 1. The van der Waals surface area contributed by atoms with Crippen LogP contribution >= 0.6 is 0 Å². The minimum absolute atomic E-state index is 1.02. The van der Waals surface area contributed by atoms with Crippen molar-refractivity contribution in [2.75, 3.05) is 5.43 Å². The van der Waals surface area contributed by atoms with Gasteiger partial charge in [0.2, 0.25) is 0 Å². The van der Waals surface area contributed by atoms with E-state index in [1.165, 1.54) is 11.1 Å². The average molecular weight is 262 g/mol. The van der Waals surface area contributed by atoms with Gasteiger partial charge in [-0.25, -0.2) is 0 Å². The molecule has 5 N–H and O–H groups in total. The first kappa shape index (κ1) is 15.9. The van der Waals surface area contributed by atoms with Crippen LogP contribution in [0, 0.1) is 0 Å². The second-order valence-electron chi connectivity index (χ2n) is 3.29. The Labute approximate surface area is 101 Å². The topological polar surface area (TPSA) is 113 Å². The summed E-state index contributed by atoms with van der Waals surface area (Å²) < 4.78 is 31.6. The Hall–Kier alpha value is -1.15. The highest BCUT2D eigenvalue weighted by molar-refractivity contribution is 7.79. The minimum atomic E-state index is -4.67. The van der Waals surface area contributed by atoms with Crippen LogP contribution in [0.3, 0.4) is 0 Å². The summed E-state index contributed by atoms with van der Waals surface area (Å²) in [6, 6.07) is 6.35. The van der Waals surface area contributed by atoms with Crippen LogP contribution < -0.4 is 11.3 Å². The SMILES string of the molecule is CCc1ccc(NN)c(CC)c1.O=S(=O)(O)O. The fraction of sp³-hybridized carbons (Fsp3) is 0.400. The highest BCUT2D eigenvalue weighted by Crippen LogP contribution is 2.17. The number of nitrogens with two attached hydrogens (primary N) is 1. The molecule has 0 heterocycles. The number of anilines is 1. The lowest BCUT2D eigenvalue weighted by molar-refractivity contribution is 0.381. The predicted octanol–water partition coefficient (Wildman–Crippen LogP) is 1.44. The van der Waals surface area contributed by atoms with Gasteiger partial charge in [0.1, 0.15) is 0 Å². The van der Waals surface area contributed by atoms with Crippen molar-refractivity contribution in [3.63, 3.8) is 0 Å². The molecule has 1 aromatic carbocycles. The zero-order chi connectivity index (χ0) is 13.5. The number of hydrogen-bond donors (Lipinski definition) is 4. The fourth-order valence-electron chi connectivity index (χ4n) is 1.30. The van der Waals surface area contributed by atoms with Crippen molar-refractivity contribution in [3.8, 4) is 0 Å². The number of rotatable bonds is 3. The maximum Gasteiger partial charge on any atom is 0.394 e. The molecule has 7 heteroatoms. The molecule has 0 aliphatic carbocycles. The molecular formula is C10H18N2O4S. The standard InChI is InChI=1S/C10H16N2.H2O4S/c1-3-8-5-6-10(12-11)9(4-2)7-8;1-5(2,3)4/h5-7,12H,3-4,11H2,1-2H3;(H2,1,2,3,4). The van der Waals surface area contributed by atoms with Crippen LogP contribution in [0.1, 0.15) is 25.0 Å². The van der Waals surface area contributed by atoms with Gasteiger partial charge in [0.15, 0.2) is 0 Å². The summed E-state index contributed by atoms with van der Waals surface area (Å²) in [4.78, 5) is 0. The summed E-state index contributed by atoms with van der Waals surface area (Å²) in [7, 11) is -4.67. The van der Waals surface area contributed by atoms with E-state index in [1.54, 1.807) is 0 Å². The van der Waals surface area contributed by atoms with E-state index < -0.39 is 10.4 Å². The summed E-state index contributed by atoms with van der Waals surface area (Å²) in [5, 5.41) is 0. The van der Waals surface area contributed by atoms with E-state index in [2.05, 4.69) is 31.4 Å². The molecular weight excluding hydrogens is 244 g/mol. The Morgan fingerprint density at radius 3 is 2.12 bits per heavy atom. The molecule has 0 aliphatic rings. The quantitative estimate of drug-likeness (QED) is 0.372. The normalized spacial score (nSPS) is 10.4. The molecule has 0 spiro atoms. The molecule has 0 unspecified atom stereocenters. The van der Waals surface area contributed by atoms with Crippen LogP contribution in [-0.4, -0.2) is 17.5 Å². The van der Waals surface area contributed by atoms with Crippen LogP contribution in [0.25, 0.3) is 0 Å². The van der Waals surface area contributed by atoms with E-state index >= 15 is 0 Å². The molecule has 0 aromatic heterocycles. The third kappa shape index (κ3) is 7.70. The monoisotopic (exact) mass is 262 g/mol. The van der Waals surface area contributed by atoms with Crippen molar-refractivity contribution in [1.82, 2.24) is 0 Å². The largest absolute Gasteiger partial charge is 0.394 e. The van der Waals surface area contributed by atoms with Crippen molar-refractivity contribution in [2.24, 2.45) is 5.84 Å². The van der Waals surface area contributed by atoms with E-state index in [4.69, 9.17) is 23.4 Å². The first-order valence-corrected chi connectivity index (χ1v) is 6.49. The van der Waals surface area contributed by atoms with E-state index in [9.17, 15) is 0 Å². The molecule has 0 radical (unpaired) electrons. The number of nitrogen functional groups attached to an aromatic ring is 1. The van der Waals surface area contributed by atoms with Gasteiger partial charge in [0.25, 0.3) is 0 Å². The summed E-state index contributed by atoms with van der Waals surface area (Å²) >= 11 is 0. The molecule has 0 saturated carbocycles. The number of hydrogen-bond acceptors (Lipinski definition) is 4. The first-order chi connectivity index (χ1) is 7.81. The van der Waals surface area contributed by atoms with Crippen LogP contribution in [-0.2, 0) is 23.2 Å². The van der Waals surface area contributed by atoms with Gasteiger partial charge < -0.3 is 5.43 Å². The Morgan fingerprint density at radius 1 is 1.24 bits per heavy atom. The van der Waals surface area contributed by atoms with Gasteiger partial charge >= 0.3 is 10.4 Å². The second-order valence-corrected chi connectivity index (χ2v) is 4.19. The maximum absolute atomic E-state index is 8.74. The number of aryl methyl sites for hydroxylation is 2. The molecule has 0 saturated heterocycles. The van der Waals surface area contributed by atoms with Crippen LogP contribution in [0.5, 0.6) is 0 Å². The molecule has 1 rings (SSSR count). The molecule has 98 valence electrons. The van der Waals surface area contributed by atoms with Crippen molar-refractivity contribution in [3.05, 3.63) is 29.3 Å². The highest BCUT2D eigenvalue weighted by atomic mass is 32.3. The average Bonchev–Trinajstić information content (AvgIpc) is 2.25. The van der Waals surface area contributed by atoms with Crippen molar-refractivity contribution >= 4 is 16.1 Å². The second kappa shape index (κ2) is 7.23. The van der Waals surface area contributed by atoms with Crippen LogP contribution in [0.2, 0.25) is 0 Å². The van der Waals surface area contributed by atoms with E-state index in [1.807, 2.05) is 6.07 Å². The van der Waals surface area contributed by atoms with Crippen molar-refractivity contribution in [1.29, 1.82) is 0 Å². The van der Waals surface area contributed by atoms with Gasteiger partial charge in [-0.3, -0.25) is 14.9 Å². The van der Waals surface area contributed by atoms with Crippen molar-refractivity contribution in [2.45, 2.75) is 26.7 Å². The number of nitrogens with one attached hydrogen (secondary N) is 1. The van der Waals surface area contributed by atoms with Gasteiger partial charge in [0, 0.05) is 0 Å². The summed E-state index contributed by atoms with van der Waals surface area (Å²) in [6.45, 7) is 4.29. The van der Waals surface area contributed by atoms with E-state index in [-0.39, 0.29) is 0 Å². The van der Waals surface area contributed by atoms with Gasteiger partial charge in [-0.15, -0.1) is 0 Å². The van der Waals surface area contributed by atoms with Gasteiger partial charge in [-0.1, -0.05) is 26.0 Å². The molecule has 0 fully saturated rings. The summed E-state index contributed by atoms with van der Waals surface area (Å²) in [6.07, 6.45) is 2.10. The molecule has 1 aromatic rings. The molecule has 6 nitrogen and oxygen atoms in total. The molecule has 0 atom stereocenters. The first-order valence-electron chi connectivity index (χ1n) is 5.10. The minimum Gasteiger partial charge on any atom is -0.324 e. The molecule has 0 bridgehead atoms. The lowest BCUT2D eigenvalue weighted by atomic mass is 10.1. The smallest absolute Gasteiger partial charge is 0.324 e. The Morgan fingerprint density at radius 2 is 1.76 bits per heavy atom. The Bertz CT molecular complexity index is 438. The third-order valence-corrected chi connectivity index (χ3v) is 2.11. The highest BCUT2D eigenvalue weighted by Gasteiger charge is 1.98. The van der Waals surface area contributed by atoms with Gasteiger partial charge in [0.05, 0.1) is 5.69 Å². The lowest BCUT2D eigenvalue weighted by Crippen LogP contribution is -2.09. The van der Waals surface area contributed by atoms with E-state index in [0.29, 0.717) is 0 Å². The maximum atomic E-state index is 8.74. The summed E-state index contributed by atoms with van der Waals surface area (Å²) in [5.41, 5.74) is 6.39. The zero-order valence-corrected chi connectivity index (χ0v) is 10.7. The van der Waals surface area contributed by atoms with Gasteiger partial charge in [-0.2, -0.15) is 8.42 Å². The van der Waals surface area contributed by atoms with Crippen LogP contribution in [0.15, 0.2) is 18.2 Å². The van der Waals surface area contributed by atoms with Gasteiger partial charge in [-0.05, 0) is 30.0 Å². The summed E-state index contributed by atoms with van der Waals surface area (Å²) in [5.74, 6) is 5.37. The number of hydrazine groups is 1. The third-order valence-electron chi connectivity index (χ3n) is 2.11. The molecule has 17 heavy (non-hydrogen) atoms.